The van der Waals surface area contributed by atoms with Crippen molar-refractivity contribution in [3.63, 3.8) is 0 Å². The summed E-state index contributed by atoms with van der Waals surface area (Å²) in [6.07, 6.45) is 4.55. The fourth-order valence-corrected chi connectivity index (χ4v) is 2.03. The molecule has 0 unspecified atom stereocenters. The van der Waals surface area contributed by atoms with Crippen molar-refractivity contribution >= 4 is 11.6 Å². The van der Waals surface area contributed by atoms with Gasteiger partial charge in [0.1, 0.15) is 11.6 Å². The largest absolute Gasteiger partial charge is 0.437 e. The molecule has 0 aliphatic rings. The summed E-state index contributed by atoms with van der Waals surface area (Å²) in [4.78, 5) is 20.1. The average molecular weight is 323 g/mol. The highest BCUT2D eigenvalue weighted by Gasteiger charge is 2.09. The molecule has 0 aliphatic heterocycles. The quantitative estimate of drug-likeness (QED) is 0.789. The number of ether oxygens (including phenoxy) is 1. The number of carbonyl (C=O) groups excluding carboxylic acids is 1. The van der Waals surface area contributed by atoms with E-state index in [1.54, 1.807) is 49.5 Å². The van der Waals surface area contributed by atoms with Gasteiger partial charge < -0.3 is 10.1 Å². The summed E-state index contributed by atoms with van der Waals surface area (Å²) >= 11 is 0. The van der Waals surface area contributed by atoms with Crippen LogP contribution in [0.5, 0.6) is 11.6 Å². The van der Waals surface area contributed by atoms with Gasteiger partial charge in [0.15, 0.2) is 0 Å². The summed E-state index contributed by atoms with van der Waals surface area (Å²) in [5.41, 5.74) is 1.27. The fraction of sp³-hybridized carbons (Fsp3) is 0.0556. The van der Waals surface area contributed by atoms with Crippen LogP contribution in [0.3, 0.4) is 0 Å². The van der Waals surface area contributed by atoms with Crippen LogP contribution in [0.1, 0.15) is 15.9 Å². The van der Waals surface area contributed by atoms with E-state index in [9.17, 15) is 9.18 Å². The Labute approximate surface area is 138 Å². The number of benzene rings is 2. The molecule has 120 valence electrons. The van der Waals surface area contributed by atoms with Crippen LogP contribution in [0.25, 0.3) is 0 Å². The zero-order valence-corrected chi connectivity index (χ0v) is 12.9. The number of amides is 1. The minimum Gasteiger partial charge on any atom is -0.437 e. The van der Waals surface area contributed by atoms with E-state index in [1.165, 1.54) is 18.5 Å². The van der Waals surface area contributed by atoms with Crippen molar-refractivity contribution in [3.05, 3.63) is 78.0 Å². The van der Waals surface area contributed by atoms with Crippen molar-refractivity contribution < 1.29 is 13.9 Å². The number of hydrogen-bond acceptors (Lipinski definition) is 4. The number of anilines is 1. The van der Waals surface area contributed by atoms with Crippen molar-refractivity contribution in [2.24, 2.45) is 0 Å². The number of rotatable bonds is 4. The van der Waals surface area contributed by atoms with E-state index < -0.39 is 11.7 Å². The molecule has 0 saturated heterocycles. The van der Waals surface area contributed by atoms with Gasteiger partial charge in [0.25, 0.3) is 5.91 Å². The average Bonchev–Trinajstić information content (AvgIpc) is 2.58. The van der Waals surface area contributed by atoms with Gasteiger partial charge >= 0.3 is 0 Å². The van der Waals surface area contributed by atoms with Crippen LogP contribution in [-0.4, -0.2) is 15.9 Å². The van der Waals surface area contributed by atoms with E-state index in [4.69, 9.17) is 4.74 Å². The Kier molecular flexibility index (Phi) is 4.47. The summed E-state index contributed by atoms with van der Waals surface area (Å²) in [6, 6.07) is 11.2. The molecular formula is C18H14FN3O2. The standard InChI is InChI=1S/C18H14FN3O2/c1-12-5-6-13(9-16(12)19)18(23)22-14-3-2-4-15(10-14)24-17-11-20-7-8-21-17/h2-11H,1H3,(H,22,23). The monoisotopic (exact) mass is 323 g/mol. The fourth-order valence-electron chi connectivity index (χ4n) is 2.03. The number of aromatic nitrogens is 2. The van der Waals surface area contributed by atoms with Gasteiger partial charge in [0.2, 0.25) is 5.88 Å². The van der Waals surface area contributed by atoms with Crippen molar-refractivity contribution in [2.45, 2.75) is 6.92 Å². The van der Waals surface area contributed by atoms with Gasteiger partial charge in [0.05, 0.1) is 6.20 Å². The molecule has 0 spiro atoms. The zero-order chi connectivity index (χ0) is 16.9. The van der Waals surface area contributed by atoms with Gasteiger partial charge in [-0.05, 0) is 36.8 Å². The molecule has 2 aromatic carbocycles. The molecule has 1 N–H and O–H groups in total. The van der Waals surface area contributed by atoms with Gasteiger partial charge in [-0.15, -0.1) is 0 Å². The van der Waals surface area contributed by atoms with Gasteiger partial charge in [-0.1, -0.05) is 12.1 Å². The van der Waals surface area contributed by atoms with Crippen LogP contribution < -0.4 is 10.1 Å². The van der Waals surface area contributed by atoms with Crippen molar-refractivity contribution in [3.8, 4) is 11.6 Å². The summed E-state index contributed by atoms with van der Waals surface area (Å²) < 4.78 is 19.1. The Morgan fingerprint density at radius 2 is 2.04 bits per heavy atom. The summed E-state index contributed by atoms with van der Waals surface area (Å²) in [6.45, 7) is 1.64. The molecule has 1 heterocycles. The van der Waals surface area contributed by atoms with Gasteiger partial charge in [0, 0.05) is 29.7 Å². The lowest BCUT2D eigenvalue weighted by Gasteiger charge is -2.08. The van der Waals surface area contributed by atoms with Crippen molar-refractivity contribution in [1.29, 1.82) is 0 Å². The van der Waals surface area contributed by atoms with Crippen LogP contribution in [0, 0.1) is 12.7 Å². The number of hydrogen-bond donors (Lipinski definition) is 1. The Bertz CT molecular complexity index is 869. The molecule has 0 bridgehead atoms. The molecule has 0 fully saturated rings. The first-order valence-electron chi connectivity index (χ1n) is 7.23. The highest BCUT2D eigenvalue weighted by molar-refractivity contribution is 6.04. The second kappa shape index (κ2) is 6.87. The van der Waals surface area contributed by atoms with E-state index >= 15 is 0 Å². The van der Waals surface area contributed by atoms with Crippen molar-refractivity contribution in [1.82, 2.24) is 9.97 Å². The molecule has 24 heavy (non-hydrogen) atoms. The first kappa shape index (κ1) is 15.6. The second-order valence-corrected chi connectivity index (χ2v) is 5.09. The molecular weight excluding hydrogens is 309 g/mol. The normalized spacial score (nSPS) is 10.2. The number of halogens is 1. The van der Waals surface area contributed by atoms with Crippen molar-refractivity contribution in [2.75, 3.05) is 5.32 Å². The molecule has 0 atom stereocenters. The van der Waals surface area contributed by atoms with Gasteiger partial charge in [-0.2, -0.15) is 0 Å². The topological polar surface area (TPSA) is 64.1 Å². The minimum absolute atomic E-state index is 0.248. The zero-order valence-electron chi connectivity index (χ0n) is 12.9. The van der Waals surface area contributed by atoms with Gasteiger partial charge in [-0.25, -0.2) is 9.37 Å². The summed E-state index contributed by atoms with van der Waals surface area (Å²) in [5, 5.41) is 2.71. The number of aryl methyl sites for hydroxylation is 1. The molecule has 5 nitrogen and oxygen atoms in total. The Hall–Kier alpha value is -3.28. The minimum atomic E-state index is -0.414. The maximum atomic E-state index is 13.6. The first-order chi connectivity index (χ1) is 11.6. The summed E-state index contributed by atoms with van der Waals surface area (Å²) in [5.74, 6) is 0.0397. The maximum Gasteiger partial charge on any atom is 0.255 e. The van der Waals surface area contributed by atoms with Crippen LogP contribution in [0.4, 0.5) is 10.1 Å². The van der Waals surface area contributed by atoms with Crippen LogP contribution in [0.2, 0.25) is 0 Å². The Morgan fingerprint density at radius 1 is 1.17 bits per heavy atom. The van der Waals surface area contributed by atoms with E-state index in [0.29, 0.717) is 22.9 Å². The first-order valence-corrected chi connectivity index (χ1v) is 7.23. The second-order valence-electron chi connectivity index (χ2n) is 5.09. The number of nitrogens with zero attached hydrogens (tertiary/aromatic N) is 2. The van der Waals surface area contributed by atoms with Gasteiger partial charge in [-0.3, -0.25) is 9.78 Å². The molecule has 0 aliphatic carbocycles. The van der Waals surface area contributed by atoms with Crippen LogP contribution >= 0.6 is 0 Å². The summed E-state index contributed by atoms with van der Waals surface area (Å²) in [7, 11) is 0. The molecule has 3 rings (SSSR count). The third kappa shape index (κ3) is 3.73. The predicted molar refractivity (Wildman–Crippen MR) is 87.6 cm³/mol. The van der Waals surface area contributed by atoms with E-state index in [1.807, 2.05) is 0 Å². The number of carbonyl (C=O) groups is 1. The predicted octanol–water partition coefficient (Wildman–Crippen LogP) is 3.97. The molecule has 6 heteroatoms. The Morgan fingerprint density at radius 3 is 2.79 bits per heavy atom. The Balaban J connectivity index is 1.74. The lowest BCUT2D eigenvalue weighted by molar-refractivity contribution is 0.102. The smallest absolute Gasteiger partial charge is 0.255 e. The molecule has 0 saturated carbocycles. The van der Waals surface area contributed by atoms with Crippen LogP contribution in [0.15, 0.2) is 61.1 Å². The van der Waals surface area contributed by atoms with E-state index in [0.717, 1.165) is 0 Å². The van der Waals surface area contributed by atoms with E-state index in [2.05, 4.69) is 15.3 Å². The number of nitrogens with one attached hydrogen (secondary N) is 1. The third-order valence-corrected chi connectivity index (χ3v) is 3.29. The highest BCUT2D eigenvalue weighted by atomic mass is 19.1. The molecule has 1 amide bonds. The highest BCUT2D eigenvalue weighted by Crippen LogP contribution is 2.22. The lowest BCUT2D eigenvalue weighted by Crippen LogP contribution is -2.12. The SMILES string of the molecule is Cc1ccc(C(=O)Nc2cccc(Oc3cnccn3)c2)cc1F. The molecule has 0 radical (unpaired) electrons. The lowest BCUT2D eigenvalue weighted by atomic mass is 10.1. The molecule has 1 aromatic heterocycles. The van der Waals surface area contributed by atoms with E-state index in [-0.39, 0.29) is 5.56 Å². The molecule has 3 aromatic rings. The maximum absolute atomic E-state index is 13.6. The third-order valence-electron chi connectivity index (χ3n) is 3.29. The van der Waals surface area contributed by atoms with Crippen LogP contribution in [-0.2, 0) is 0 Å².